The van der Waals surface area contributed by atoms with Gasteiger partial charge in [0.2, 0.25) is 0 Å². The monoisotopic (exact) mass is 787 g/mol. The fraction of sp³-hybridized carbons (Fsp3) is 0.745. The summed E-state index contributed by atoms with van der Waals surface area (Å²) >= 11 is 0. The highest BCUT2D eigenvalue weighted by Crippen LogP contribution is 2.85. The third kappa shape index (κ3) is 4.88. The van der Waals surface area contributed by atoms with Crippen LogP contribution in [0, 0.1) is 49.2 Å². The van der Waals surface area contributed by atoms with Gasteiger partial charge in [-0.15, -0.1) is 0 Å². The van der Waals surface area contributed by atoms with E-state index in [1.807, 2.05) is 0 Å². The first kappa shape index (κ1) is 39.7. The zero-order chi connectivity index (χ0) is 40.6. The number of aryl methyl sites for hydroxylation is 2. The van der Waals surface area contributed by atoms with Gasteiger partial charge in [-0.05, 0) is 135 Å². The molecule has 312 valence electrons. The molecule has 1 aromatic heterocycles. The van der Waals surface area contributed by atoms with Gasteiger partial charge in [-0.3, -0.25) is 4.79 Å². The van der Waals surface area contributed by atoms with Crippen molar-refractivity contribution in [3.05, 3.63) is 59.5 Å². The van der Waals surface area contributed by atoms with E-state index in [2.05, 4.69) is 82.4 Å². The largest absolute Gasteiger partial charge is 0.481 e. The number of rotatable bonds is 8. The number of aliphatic hydroxyl groups excluding tert-OH is 3. The molecule has 2 heterocycles. The zero-order valence-electron chi connectivity index (χ0n) is 34.6. The number of H-pyrrole nitrogens is 1. The molecule has 1 aliphatic heterocycles. The zero-order valence-corrected chi connectivity index (χ0v) is 34.6. The van der Waals surface area contributed by atoms with E-state index in [1.54, 1.807) is 0 Å². The van der Waals surface area contributed by atoms with E-state index in [4.69, 9.17) is 9.47 Å². The van der Waals surface area contributed by atoms with E-state index in [9.17, 15) is 35.1 Å². The molecule has 9 rings (SSSR count). The summed E-state index contributed by atoms with van der Waals surface area (Å²) < 4.78 is 12.3. The first-order valence-corrected chi connectivity index (χ1v) is 21.9. The first-order valence-electron chi connectivity index (χ1n) is 21.9. The number of fused-ring (bicyclic) bond motifs is 2. The lowest BCUT2D eigenvalue weighted by Gasteiger charge is -2.79. The molecule has 1 saturated heterocycles. The minimum absolute atomic E-state index is 0.0933. The Morgan fingerprint density at radius 1 is 0.860 bits per heavy atom. The van der Waals surface area contributed by atoms with Crippen LogP contribution >= 0.6 is 0 Å². The summed E-state index contributed by atoms with van der Waals surface area (Å²) in [5, 5.41) is 53.2. The van der Waals surface area contributed by atoms with Gasteiger partial charge in [0.1, 0.15) is 18.3 Å². The summed E-state index contributed by atoms with van der Waals surface area (Å²) in [6, 6.07) is 0. The molecule has 7 aliphatic carbocycles. The summed E-state index contributed by atoms with van der Waals surface area (Å²) in [5.74, 6) is -1.85. The van der Waals surface area contributed by atoms with E-state index in [-0.39, 0.29) is 33.0 Å². The number of carbonyl (C=O) groups is 2. The van der Waals surface area contributed by atoms with Crippen LogP contribution in [-0.4, -0.2) is 79.3 Å². The summed E-state index contributed by atoms with van der Waals surface area (Å²) in [4.78, 5) is 29.1. The second-order valence-electron chi connectivity index (χ2n) is 21.1. The Kier molecular flexibility index (Phi) is 8.96. The normalized spacial score (nSPS) is 49.1. The Balaban J connectivity index is 1.16. The number of carboxylic acids is 2. The molecule has 8 aliphatic rings. The Labute approximate surface area is 337 Å². The molecular formula is C47H65NO9. The van der Waals surface area contributed by atoms with E-state index in [1.165, 1.54) is 16.7 Å². The number of allylic oxidation sites excluding steroid dienone is 6. The lowest BCUT2D eigenvalue weighted by Crippen LogP contribution is -2.73. The number of ether oxygens (including phenoxy) is 2. The quantitative estimate of drug-likeness (QED) is 0.117. The Hall–Kier alpha value is -2.76. The highest BCUT2D eigenvalue weighted by molar-refractivity contribution is 5.79. The number of nitrogens with one attached hydrogen (secondary N) is 1. The smallest absolute Gasteiger partial charge is 0.335 e. The molecule has 4 saturated carbocycles. The van der Waals surface area contributed by atoms with E-state index in [0.29, 0.717) is 12.8 Å². The van der Waals surface area contributed by atoms with Crippen molar-refractivity contribution >= 4 is 11.9 Å². The fourth-order valence-corrected chi connectivity index (χ4v) is 16.1. The molecule has 0 radical (unpaired) electrons. The molecule has 5 fully saturated rings. The molecule has 0 amide bonds. The molecule has 6 N–H and O–H groups in total. The number of aliphatic carboxylic acids is 2. The lowest BCUT2D eigenvalue weighted by molar-refractivity contribution is -0.329. The molecule has 14 atom stereocenters. The number of hydrogen-bond acceptors (Lipinski definition) is 7. The number of aliphatic hydroxyl groups is 3. The van der Waals surface area contributed by atoms with Gasteiger partial charge in [0.15, 0.2) is 12.4 Å². The average molecular weight is 788 g/mol. The first-order chi connectivity index (χ1) is 26.9. The maximum Gasteiger partial charge on any atom is 0.335 e. The van der Waals surface area contributed by atoms with Crippen LogP contribution in [-0.2, 0) is 31.9 Å². The molecular weight excluding hydrogens is 723 g/mol. The third-order valence-corrected chi connectivity index (χ3v) is 19.0. The van der Waals surface area contributed by atoms with Crippen LogP contribution in [0.2, 0.25) is 0 Å². The SMILES string of the molecule is CCc1c[nH]cc1CC[C@]12CC[C@H](O[C@@H]3O[C@H](C(=O)O)[C@@H](O)[C@H](O)[C@H]3O)C(C)(C)[C@@H]1CC[C@@]1(C)[C@@]34CC=C[C@@]21CC=C3[C@@]12C=CC[C@@](C)(CC[C@]1(C(=O)O)CC4)C2. The lowest BCUT2D eigenvalue weighted by atomic mass is 9.24. The van der Waals surface area contributed by atoms with Gasteiger partial charge in [0, 0.05) is 28.6 Å². The van der Waals surface area contributed by atoms with Crippen LogP contribution in [0.1, 0.15) is 129 Å². The van der Waals surface area contributed by atoms with Crippen LogP contribution in [0.4, 0.5) is 0 Å². The van der Waals surface area contributed by atoms with Crippen molar-refractivity contribution in [2.45, 2.75) is 168 Å². The standard InChI is InChI=1S/C47H65NO9/c1-6-28-25-48-26-29(28)9-18-44-19-12-32(56-38-35(51)33(49)34(50)36(57-38)37(52)53)40(2,3)30(44)10-17-42(5)43-14-8-16-47(42,44)20-11-31(43)46-15-7-13-41(4,27-46)21-22-45(46,24-23-43)39(54)55/h7-8,11,15-16,25-26,30,32-36,38,48-51H,6,9-10,12-14,17-24,27H2,1-5H3,(H,52,53)(H,54,55)/t30-,32-,33-,34-,35+,36-,38+,41-,42-,43+,44-,45+,46-,47-/m0/s1. The number of aromatic nitrogens is 1. The highest BCUT2D eigenvalue weighted by atomic mass is 16.7. The second-order valence-corrected chi connectivity index (χ2v) is 21.1. The van der Waals surface area contributed by atoms with Crippen molar-refractivity contribution in [3.63, 3.8) is 0 Å². The predicted molar refractivity (Wildman–Crippen MR) is 213 cm³/mol. The van der Waals surface area contributed by atoms with Gasteiger partial charge in [0.05, 0.1) is 11.5 Å². The number of aromatic amines is 1. The van der Waals surface area contributed by atoms with Gasteiger partial charge in [-0.2, -0.15) is 0 Å². The second kappa shape index (κ2) is 12.9. The molecule has 57 heavy (non-hydrogen) atoms. The van der Waals surface area contributed by atoms with Crippen LogP contribution in [0.3, 0.4) is 0 Å². The van der Waals surface area contributed by atoms with Crippen LogP contribution < -0.4 is 0 Å². The minimum Gasteiger partial charge on any atom is -0.481 e. The average Bonchev–Trinajstić information content (AvgIpc) is 3.62. The Morgan fingerprint density at radius 3 is 2.33 bits per heavy atom. The highest BCUT2D eigenvalue weighted by Gasteiger charge is 2.79. The van der Waals surface area contributed by atoms with Gasteiger partial charge in [-0.1, -0.05) is 70.6 Å². The summed E-state index contributed by atoms with van der Waals surface area (Å²) in [5.41, 5.74) is 1.84. The molecule has 4 bridgehead atoms. The maximum absolute atomic E-state index is 13.7. The Morgan fingerprint density at radius 2 is 1.60 bits per heavy atom. The van der Waals surface area contributed by atoms with Crippen LogP contribution in [0.5, 0.6) is 0 Å². The third-order valence-electron chi connectivity index (χ3n) is 19.0. The topological polar surface area (TPSA) is 170 Å². The van der Waals surface area contributed by atoms with Crippen molar-refractivity contribution in [1.29, 1.82) is 0 Å². The molecule has 0 aromatic carbocycles. The summed E-state index contributed by atoms with van der Waals surface area (Å²) in [7, 11) is 0. The number of carboxylic acid groups (broad SMARTS) is 2. The van der Waals surface area contributed by atoms with Crippen molar-refractivity contribution in [2.75, 3.05) is 0 Å². The van der Waals surface area contributed by atoms with E-state index < -0.39 is 65.0 Å². The summed E-state index contributed by atoms with van der Waals surface area (Å²) in [6.45, 7) is 11.7. The summed E-state index contributed by atoms with van der Waals surface area (Å²) in [6.07, 6.45) is 21.4. The van der Waals surface area contributed by atoms with E-state index >= 15 is 0 Å². The van der Waals surface area contributed by atoms with Crippen LogP contribution in [0.25, 0.3) is 0 Å². The molecule has 10 nitrogen and oxygen atoms in total. The molecule has 0 unspecified atom stereocenters. The van der Waals surface area contributed by atoms with E-state index in [0.717, 1.165) is 83.5 Å². The fourth-order valence-electron chi connectivity index (χ4n) is 16.1. The van der Waals surface area contributed by atoms with Crippen LogP contribution in [0.15, 0.2) is 48.3 Å². The predicted octanol–water partition coefficient (Wildman–Crippen LogP) is 7.27. The van der Waals surface area contributed by atoms with Gasteiger partial charge in [0.25, 0.3) is 0 Å². The maximum atomic E-state index is 13.7. The van der Waals surface area contributed by atoms with Crippen molar-refractivity contribution < 1.29 is 44.6 Å². The Bertz CT molecular complexity index is 1920. The van der Waals surface area contributed by atoms with Crippen molar-refractivity contribution in [3.8, 4) is 0 Å². The molecule has 1 aromatic rings. The van der Waals surface area contributed by atoms with Gasteiger partial charge >= 0.3 is 11.9 Å². The minimum atomic E-state index is -1.78. The van der Waals surface area contributed by atoms with Crippen molar-refractivity contribution in [2.24, 2.45) is 49.2 Å². The van der Waals surface area contributed by atoms with Gasteiger partial charge in [-0.25, -0.2) is 4.79 Å². The number of hydrogen-bond donors (Lipinski definition) is 6. The van der Waals surface area contributed by atoms with Gasteiger partial charge < -0.3 is 40.0 Å². The van der Waals surface area contributed by atoms with Crippen molar-refractivity contribution in [1.82, 2.24) is 4.98 Å². The molecule has 10 heteroatoms. The molecule has 2 spiro atoms.